The molecule has 2 N–H and O–H groups in total. The van der Waals surface area contributed by atoms with E-state index in [-0.39, 0.29) is 30.0 Å². The summed E-state index contributed by atoms with van der Waals surface area (Å²) in [6.45, 7) is 1.38. The van der Waals surface area contributed by atoms with Crippen molar-refractivity contribution >= 4 is 11.8 Å². The van der Waals surface area contributed by atoms with Crippen LogP contribution in [-0.4, -0.2) is 41.4 Å². The monoisotopic (exact) mass is 525 g/mol. The number of hydrogen-bond acceptors (Lipinski definition) is 4. The summed E-state index contributed by atoms with van der Waals surface area (Å²) < 4.78 is 26.6. The van der Waals surface area contributed by atoms with Crippen molar-refractivity contribution in [1.29, 1.82) is 0 Å². The molecular weight excluding hydrogens is 497 g/mol. The first kappa shape index (κ1) is 24.7. The molecule has 0 aliphatic carbocycles. The minimum absolute atomic E-state index is 0.0650. The number of fused-ring (bicyclic) bond motifs is 7. The summed E-state index contributed by atoms with van der Waals surface area (Å²) in [5.74, 6) is 0.511. The molecule has 0 spiro atoms. The highest BCUT2D eigenvalue weighted by molar-refractivity contribution is 5.93. The van der Waals surface area contributed by atoms with Crippen molar-refractivity contribution in [3.8, 4) is 17.2 Å². The summed E-state index contributed by atoms with van der Waals surface area (Å²) in [5, 5.41) is 2.89. The van der Waals surface area contributed by atoms with Gasteiger partial charge in [-0.3, -0.25) is 9.59 Å². The van der Waals surface area contributed by atoms with Crippen LogP contribution in [0.4, 0.5) is 4.39 Å². The zero-order valence-corrected chi connectivity index (χ0v) is 21.3. The molecule has 8 bridgehead atoms. The highest BCUT2D eigenvalue weighted by Crippen LogP contribution is 2.39. The van der Waals surface area contributed by atoms with Crippen molar-refractivity contribution in [2.24, 2.45) is 0 Å². The number of amides is 2. The first-order chi connectivity index (χ1) is 19.0. The highest BCUT2D eigenvalue weighted by Gasteiger charge is 2.33. The van der Waals surface area contributed by atoms with Crippen molar-refractivity contribution in [1.82, 2.24) is 15.2 Å². The van der Waals surface area contributed by atoms with Crippen molar-refractivity contribution in [3.63, 3.8) is 0 Å². The van der Waals surface area contributed by atoms with E-state index >= 15 is 0 Å². The van der Waals surface area contributed by atoms with Gasteiger partial charge >= 0.3 is 0 Å². The average Bonchev–Trinajstić information content (AvgIpc) is 3.48. The van der Waals surface area contributed by atoms with Crippen LogP contribution in [0.1, 0.15) is 45.2 Å². The molecule has 4 heterocycles. The molecule has 0 fully saturated rings. The number of nitrogens with zero attached hydrogens (tertiary/aromatic N) is 1. The van der Waals surface area contributed by atoms with E-state index < -0.39 is 5.82 Å². The predicted molar refractivity (Wildman–Crippen MR) is 144 cm³/mol. The Morgan fingerprint density at radius 1 is 1.00 bits per heavy atom. The lowest BCUT2D eigenvalue weighted by molar-refractivity contribution is -0.120. The van der Waals surface area contributed by atoms with E-state index in [9.17, 15) is 14.0 Å². The Labute approximate surface area is 225 Å². The van der Waals surface area contributed by atoms with Crippen molar-refractivity contribution in [3.05, 3.63) is 113 Å². The minimum atomic E-state index is -0.502. The smallest absolute Gasteiger partial charge is 0.271 e. The van der Waals surface area contributed by atoms with Gasteiger partial charge in [0.25, 0.3) is 5.91 Å². The summed E-state index contributed by atoms with van der Waals surface area (Å²) >= 11 is 0. The van der Waals surface area contributed by atoms with Gasteiger partial charge in [0.2, 0.25) is 5.91 Å². The van der Waals surface area contributed by atoms with E-state index in [1.54, 1.807) is 30.5 Å². The molecule has 7 nitrogen and oxygen atoms in total. The van der Waals surface area contributed by atoms with Gasteiger partial charge in [-0.2, -0.15) is 0 Å². The van der Waals surface area contributed by atoms with Crippen molar-refractivity contribution in [2.45, 2.75) is 25.3 Å². The molecule has 3 aliphatic heterocycles. The number of halogens is 1. The molecule has 1 aromatic heterocycles. The van der Waals surface area contributed by atoms with Crippen LogP contribution < -0.4 is 14.8 Å². The zero-order chi connectivity index (χ0) is 26.8. The molecule has 0 saturated heterocycles. The van der Waals surface area contributed by atoms with E-state index in [0.29, 0.717) is 55.3 Å². The molecule has 7 rings (SSSR count). The Balaban J connectivity index is 1.42. The van der Waals surface area contributed by atoms with Gasteiger partial charge in [-0.25, -0.2) is 4.39 Å². The molecule has 198 valence electrons. The minimum Gasteiger partial charge on any atom is -0.494 e. The lowest BCUT2D eigenvalue weighted by atomic mass is 9.87. The fraction of sp³-hybridized carbons (Fsp3) is 0.226. The van der Waals surface area contributed by atoms with E-state index in [1.807, 2.05) is 47.4 Å². The second-order valence-electron chi connectivity index (χ2n) is 9.76. The van der Waals surface area contributed by atoms with Crippen LogP contribution in [0.3, 0.4) is 0 Å². The largest absolute Gasteiger partial charge is 0.494 e. The lowest BCUT2D eigenvalue weighted by Crippen LogP contribution is -2.40. The van der Waals surface area contributed by atoms with Crippen LogP contribution in [0, 0.1) is 5.82 Å². The van der Waals surface area contributed by atoms with Gasteiger partial charge < -0.3 is 24.7 Å². The van der Waals surface area contributed by atoms with Gasteiger partial charge in [-0.15, -0.1) is 0 Å². The van der Waals surface area contributed by atoms with E-state index in [0.717, 1.165) is 16.7 Å². The fourth-order valence-electron chi connectivity index (χ4n) is 5.24. The maximum Gasteiger partial charge on any atom is 0.271 e. The molecule has 1 atom stereocenters. The Morgan fingerprint density at radius 3 is 2.79 bits per heavy atom. The van der Waals surface area contributed by atoms with Gasteiger partial charge in [0.1, 0.15) is 17.2 Å². The van der Waals surface area contributed by atoms with Gasteiger partial charge in [0.05, 0.1) is 19.1 Å². The summed E-state index contributed by atoms with van der Waals surface area (Å²) in [7, 11) is 0. The van der Waals surface area contributed by atoms with Crippen molar-refractivity contribution in [2.75, 3.05) is 19.7 Å². The second-order valence-corrected chi connectivity index (χ2v) is 9.76. The molecular formula is C31H28FN3O4. The van der Waals surface area contributed by atoms with E-state index in [2.05, 4.69) is 10.3 Å². The van der Waals surface area contributed by atoms with Crippen LogP contribution in [0.2, 0.25) is 0 Å². The molecule has 0 saturated carbocycles. The molecule has 2 amide bonds. The predicted octanol–water partition coefficient (Wildman–Crippen LogP) is 5.18. The fourth-order valence-corrected chi connectivity index (χ4v) is 5.24. The molecule has 3 aromatic carbocycles. The maximum absolute atomic E-state index is 14.7. The summed E-state index contributed by atoms with van der Waals surface area (Å²) in [4.78, 5) is 30.9. The lowest BCUT2D eigenvalue weighted by Gasteiger charge is -2.38. The summed E-state index contributed by atoms with van der Waals surface area (Å²) in [6.07, 6.45) is 3.11. The van der Waals surface area contributed by atoms with Gasteiger partial charge in [-0.05, 0) is 83.6 Å². The third kappa shape index (κ3) is 5.23. The van der Waals surface area contributed by atoms with Gasteiger partial charge in [0, 0.05) is 19.3 Å². The van der Waals surface area contributed by atoms with Crippen LogP contribution in [-0.2, 0) is 17.6 Å². The SMILES string of the molecule is O=C1Cc2ccc(F)c(c2)Oc2ccc3c(c2)CCN(C(=O)c2ccc[nH]2)C3c2cccc(c2)OCCCN1. The topological polar surface area (TPSA) is 83.7 Å². The number of benzene rings is 3. The van der Waals surface area contributed by atoms with E-state index in [4.69, 9.17) is 9.47 Å². The number of ether oxygens (including phenoxy) is 2. The summed E-state index contributed by atoms with van der Waals surface area (Å²) in [5.41, 5.74) is 4.11. The number of rotatable bonds is 1. The Kier molecular flexibility index (Phi) is 6.75. The maximum atomic E-state index is 14.7. The van der Waals surface area contributed by atoms with Crippen LogP contribution in [0.15, 0.2) is 79.0 Å². The first-order valence-corrected chi connectivity index (χ1v) is 13.1. The highest BCUT2D eigenvalue weighted by atomic mass is 19.1. The number of H-pyrrole nitrogens is 1. The quantitative estimate of drug-likeness (QED) is 0.359. The number of hydrogen-bond donors (Lipinski definition) is 2. The Bertz CT molecular complexity index is 1520. The number of aromatic amines is 1. The molecule has 4 aromatic rings. The third-order valence-corrected chi connectivity index (χ3v) is 7.11. The van der Waals surface area contributed by atoms with Crippen LogP contribution >= 0.6 is 0 Å². The molecule has 8 heteroatoms. The Morgan fingerprint density at radius 2 is 1.92 bits per heavy atom. The van der Waals surface area contributed by atoms with E-state index in [1.165, 1.54) is 6.07 Å². The Hall–Kier alpha value is -4.59. The second kappa shape index (κ2) is 10.6. The number of carbonyl (C=O) groups excluding carboxylic acids is 2. The number of aromatic nitrogens is 1. The first-order valence-electron chi connectivity index (χ1n) is 13.1. The zero-order valence-electron chi connectivity index (χ0n) is 21.3. The van der Waals surface area contributed by atoms with Crippen LogP contribution in [0.25, 0.3) is 0 Å². The number of nitrogens with one attached hydrogen (secondary N) is 2. The normalized spacial score (nSPS) is 17.2. The third-order valence-electron chi connectivity index (χ3n) is 7.11. The average molecular weight is 526 g/mol. The molecule has 3 aliphatic rings. The van der Waals surface area contributed by atoms with Gasteiger partial charge in [0.15, 0.2) is 11.6 Å². The van der Waals surface area contributed by atoms with Gasteiger partial charge in [-0.1, -0.05) is 24.3 Å². The molecule has 0 radical (unpaired) electrons. The standard InChI is InChI=1S/C31H28FN3O4/c32-26-10-7-20-16-28(26)39-24-8-9-25-21(18-24)11-14-35(31(37)27-6-2-12-33-27)30(25)22-4-1-5-23(19-22)38-15-3-13-34-29(36)17-20/h1-2,4-10,12,16,18-19,30,33H,3,11,13-15,17H2,(H,34,36). The number of carbonyl (C=O) groups is 2. The van der Waals surface area contributed by atoms with Crippen molar-refractivity contribution < 1.29 is 23.5 Å². The summed E-state index contributed by atoms with van der Waals surface area (Å²) in [6, 6.07) is 21.1. The molecule has 1 unspecified atom stereocenters. The molecule has 39 heavy (non-hydrogen) atoms. The van der Waals surface area contributed by atoms with Crippen LogP contribution in [0.5, 0.6) is 17.2 Å².